The number of hydrogen-bond donors (Lipinski definition) is 2. The first-order valence-corrected chi connectivity index (χ1v) is 14.3. The molecule has 2 N–H and O–H groups in total. The number of carbonyl (C=O) groups excluding carboxylic acids is 2. The van der Waals surface area contributed by atoms with E-state index in [0.29, 0.717) is 60.7 Å². The van der Waals surface area contributed by atoms with E-state index in [1.54, 1.807) is 89.8 Å². The van der Waals surface area contributed by atoms with E-state index in [1.165, 1.54) is 12.1 Å². The Balaban J connectivity index is 1.34. The van der Waals surface area contributed by atoms with Gasteiger partial charge in [-0.1, -0.05) is 67.6 Å². The van der Waals surface area contributed by atoms with Crippen LogP contribution < -0.4 is 15.0 Å². The maximum absolute atomic E-state index is 13.8. The molecule has 0 bridgehead atoms. The molecule has 0 fully saturated rings. The predicted molar refractivity (Wildman–Crippen MR) is 165 cm³/mol. The molecule has 0 aliphatic heterocycles. The van der Waals surface area contributed by atoms with Crippen molar-refractivity contribution >= 4 is 29.0 Å². The number of benzene rings is 4. The van der Waals surface area contributed by atoms with Crippen LogP contribution >= 0.6 is 0 Å². The second-order valence-corrected chi connectivity index (χ2v) is 10.1. The first-order chi connectivity index (χ1) is 20.9. The van der Waals surface area contributed by atoms with E-state index < -0.39 is 17.8 Å². The molecule has 4 aromatic carbocycles. The number of rotatable bonds is 15. The van der Waals surface area contributed by atoms with Crippen molar-refractivity contribution in [1.82, 2.24) is 0 Å². The number of aliphatic carboxylic acids is 1. The van der Waals surface area contributed by atoms with Gasteiger partial charge in [-0.05, 0) is 60.9 Å². The van der Waals surface area contributed by atoms with Crippen LogP contribution in [-0.2, 0) is 16.0 Å². The number of halogens is 1. The molecule has 1 atom stereocenters. The van der Waals surface area contributed by atoms with Crippen molar-refractivity contribution in [1.29, 1.82) is 0 Å². The highest BCUT2D eigenvalue weighted by molar-refractivity contribution is 6.12. The number of ketones is 1. The molecule has 1 amide bonds. The first kappa shape index (κ1) is 31.0. The summed E-state index contributed by atoms with van der Waals surface area (Å²) in [5.41, 5.74) is 2.68. The summed E-state index contributed by atoms with van der Waals surface area (Å²) in [5.74, 6) is -1.08. The predicted octanol–water partition coefficient (Wildman–Crippen LogP) is 6.77. The minimum atomic E-state index is -1.04. The van der Waals surface area contributed by atoms with E-state index in [-0.39, 0.29) is 18.1 Å². The third kappa shape index (κ3) is 8.75. The lowest BCUT2D eigenvalue weighted by Gasteiger charge is -2.23. The van der Waals surface area contributed by atoms with Crippen LogP contribution in [0.5, 0.6) is 5.75 Å². The molecule has 4 rings (SSSR count). The zero-order valence-corrected chi connectivity index (χ0v) is 24.0. The smallest absolute Gasteiger partial charge is 0.326 e. The highest BCUT2D eigenvalue weighted by atomic mass is 19.1. The standard InChI is InChI=1S/C35H35FN2O5/c1-2-10-33(39)38(28-14-8-13-27(36)24-28)21-9-22-43-29-19-17-25(18-20-29)23-32(35(41)42)37-31-16-7-6-15-30(31)34(40)26-11-4-3-5-12-26/h3-8,11-20,24,32,37H,2,9-10,21-23H2,1H3,(H,41,42)/t32-/m0/s1. The minimum Gasteiger partial charge on any atom is -0.494 e. The fourth-order valence-electron chi connectivity index (χ4n) is 4.70. The lowest BCUT2D eigenvalue weighted by molar-refractivity contribution is -0.137. The number of hydrogen-bond acceptors (Lipinski definition) is 5. The molecule has 0 saturated carbocycles. The normalized spacial score (nSPS) is 11.4. The molecule has 4 aromatic rings. The second-order valence-electron chi connectivity index (χ2n) is 10.1. The molecule has 0 unspecified atom stereocenters. The van der Waals surface area contributed by atoms with E-state index in [2.05, 4.69) is 5.32 Å². The molecule has 43 heavy (non-hydrogen) atoms. The van der Waals surface area contributed by atoms with Gasteiger partial charge in [-0.3, -0.25) is 9.59 Å². The number of nitrogens with one attached hydrogen (secondary N) is 1. The van der Waals surface area contributed by atoms with Crippen LogP contribution in [0.15, 0.2) is 103 Å². The van der Waals surface area contributed by atoms with Crippen molar-refractivity contribution in [3.8, 4) is 5.75 Å². The number of carboxylic acid groups (broad SMARTS) is 1. The average molecular weight is 583 g/mol. The summed E-state index contributed by atoms with van der Waals surface area (Å²) in [6.07, 6.45) is 1.80. The van der Waals surface area contributed by atoms with Crippen LogP contribution in [0.3, 0.4) is 0 Å². The summed E-state index contributed by atoms with van der Waals surface area (Å²) in [7, 11) is 0. The zero-order valence-electron chi connectivity index (χ0n) is 24.0. The summed E-state index contributed by atoms with van der Waals surface area (Å²) in [6.45, 7) is 2.66. The Labute approximate surface area is 250 Å². The zero-order chi connectivity index (χ0) is 30.6. The molecule has 0 aliphatic rings. The third-order valence-electron chi connectivity index (χ3n) is 6.88. The van der Waals surface area contributed by atoms with E-state index in [4.69, 9.17) is 4.74 Å². The Morgan fingerprint density at radius 2 is 1.63 bits per heavy atom. The average Bonchev–Trinajstić information content (AvgIpc) is 3.02. The maximum atomic E-state index is 13.8. The largest absolute Gasteiger partial charge is 0.494 e. The van der Waals surface area contributed by atoms with Crippen molar-refractivity contribution in [2.24, 2.45) is 0 Å². The maximum Gasteiger partial charge on any atom is 0.326 e. The molecule has 0 aliphatic carbocycles. The molecular formula is C35H35FN2O5. The second kappa shape index (κ2) is 15.3. The van der Waals surface area contributed by atoms with Crippen LogP contribution in [0.2, 0.25) is 0 Å². The van der Waals surface area contributed by atoms with Gasteiger partial charge in [0.25, 0.3) is 0 Å². The number of carbonyl (C=O) groups is 3. The SMILES string of the molecule is CCCC(=O)N(CCCOc1ccc(C[C@H](Nc2ccccc2C(=O)c2ccccc2)C(=O)O)cc1)c1cccc(F)c1. The van der Waals surface area contributed by atoms with Crippen molar-refractivity contribution in [3.05, 3.63) is 126 Å². The fourth-order valence-corrected chi connectivity index (χ4v) is 4.70. The Kier molecular flexibility index (Phi) is 11.0. The summed E-state index contributed by atoms with van der Waals surface area (Å²) in [5, 5.41) is 13.0. The molecule has 0 heterocycles. The highest BCUT2D eigenvalue weighted by Crippen LogP contribution is 2.22. The summed E-state index contributed by atoms with van der Waals surface area (Å²) >= 11 is 0. The van der Waals surface area contributed by atoms with Crippen molar-refractivity contribution in [2.45, 2.75) is 38.6 Å². The summed E-state index contributed by atoms with van der Waals surface area (Å²) in [4.78, 5) is 39.4. The summed E-state index contributed by atoms with van der Waals surface area (Å²) in [6, 6.07) is 27.9. The van der Waals surface area contributed by atoms with Gasteiger partial charge in [0.05, 0.1) is 6.61 Å². The van der Waals surface area contributed by atoms with Crippen LogP contribution in [-0.4, -0.2) is 42.0 Å². The van der Waals surface area contributed by atoms with E-state index >= 15 is 0 Å². The number of ether oxygens (including phenoxy) is 1. The van der Waals surface area contributed by atoms with E-state index in [9.17, 15) is 23.9 Å². The Hall–Kier alpha value is -4.98. The van der Waals surface area contributed by atoms with Crippen LogP contribution in [0.25, 0.3) is 0 Å². The number of nitrogens with zero attached hydrogens (tertiary/aromatic N) is 1. The first-order valence-electron chi connectivity index (χ1n) is 14.3. The fraction of sp³-hybridized carbons (Fsp3) is 0.229. The van der Waals surface area contributed by atoms with Gasteiger partial charge in [-0.2, -0.15) is 0 Å². The Morgan fingerprint density at radius 3 is 2.33 bits per heavy atom. The molecule has 7 nitrogen and oxygen atoms in total. The third-order valence-corrected chi connectivity index (χ3v) is 6.88. The van der Waals surface area contributed by atoms with Crippen LogP contribution in [0, 0.1) is 5.82 Å². The monoisotopic (exact) mass is 582 g/mol. The number of amides is 1. The van der Waals surface area contributed by atoms with Crippen LogP contribution in [0.1, 0.15) is 47.7 Å². The van der Waals surface area contributed by atoms with Crippen molar-refractivity contribution in [2.75, 3.05) is 23.4 Å². The van der Waals surface area contributed by atoms with Gasteiger partial charge in [0.15, 0.2) is 5.78 Å². The molecule has 222 valence electrons. The number of para-hydroxylation sites is 1. The van der Waals surface area contributed by atoms with Crippen molar-refractivity contribution in [3.63, 3.8) is 0 Å². The highest BCUT2D eigenvalue weighted by Gasteiger charge is 2.21. The van der Waals surface area contributed by atoms with Gasteiger partial charge in [-0.25, -0.2) is 9.18 Å². The molecule has 8 heteroatoms. The lowest BCUT2D eigenvalue weighted by atomic mass is 10.00. The Morgan fingerprint density at radius 1 is 0.907 bits per heavy atom. The van der Waals surface area contributed by atoms with Crippen molar-refractivity contribution < 1.29 is 28.6 Å². The van der Waals surface area contributed by atoms with Gasteiger partial charge in [-0.15, -0.1) is 0 Å². The van der Waals surface area contributed by atoms with E-state index in [0.717, 1.165) is 5.56 Å². The van der Waals surface area contributed by atoms with Gasteiger partial charge >= 0.3 is 5.97 Å². The molecular weight excluding hydrogens is 547 g/mol. The molecule has 0 saturated heterocycles. The minimum absolute atomic E-state index is 0.0638. The number of carboxylic acids is 1. The molecule has 0 radical (unpaired) electrons. The lowest BCUT2D eigenvalue weighted by Crippen LogP contribution is -2.32. The van der Waals surface area contributed by atoms with Gasteiger partial charge in [0.2, 0.25) is 5.91 Å². The van der Waals surface area contributed by atoms with Gasteiger partial charge < -0.3 is 20.1 Å². The quantitative estimate of drug-likeness (QED) is 0.119. The van der Waals surface area contributed by atoms with Crippen LogP contribution in [0.4, 0.5) is 15.8 Å². The molecule has 0 aromatic heterocycles. The molecule has 0 spiro atoms. The van der Waals surface area contributed by atoms with E-state index in [1.807, 2.05) is 13.0 Å². The summed E-state index contributed by atoms with van der Waals surface area (Å²) < 4.78 is 19.6. The topological polar surface area (TPSA) is 95.9 Å². The number of anilines is 2. The van der Waals surface area contributed by atoms with Gasteiger partial charge in [0, 0.05) is 41.9 Å². The van der Waals surface area contributed by atoms with Gasteiger partial charge in [0.1, 0.15) is 17.6 Å². The Bertz CT molecular complexity index is 1530.